The van der Waals surface area contributed by atoms with Gasteiger partial charge in [-0.3, -0.25) is 0 Å². The molecule has 0 spiro atoms. The summed E-state index contributed by atoms with van der Waals surface area (Å²) in [6, 6.07) is 3.98. The Labute approximate surface area is 82.6 Å². The molecule has 0 unspecified atom stereocenters. The van der Waals surface area contributed by atoms with Crippen molar-refractivity contribution in [3.63, 3.8) is 0 Å². The largest absolute Gasteiger partial charge is 0.218 e. The highest BCUT2D eigenvalue weighted by atomic mass is 15.3. The zero-order valence-corrected chi connectivity index (χ0v) is 8.52. The number of hydrogen-bond donors (Lipinski definition) is 0. The fourth-order valence-corrected chi connectivity index (χ4v) is 1.41. The van der Waals surface area contributed by atoms with Gasteiger partial charge in [-0.2, -0.15) is 10.2 Å². The van der Waals surface area contributed by atoms with Crippen LogP contribution in [0.1, 0.15) is 17.0 Å². The maximum atomic E-state index is 4.34. The molecule has 0 N–H and O–H groups in total. The molecule has 0 fully saturated rings. The van der Waals surface area contributed by atoms with Crippen LogP contribution in [0.3, 0.4) is 0 Å². The monoisotopic (exact) mass is 188 g/mol. The molecule has 2 rings (SSSR count). The lowest BCUT2D eigenvalue weighted by Gasteiger charge is -2.01. The molecule has 0 aliphatic rings. The van der Waals surface area contributed by atoms with Crippen molar-refractivity contribution in [1.82, 2.24) is 20.0 Å². The highest BCUT2D eigenvalue weighted by Gasteiger charge is 2.04. The van der Waals surface area contributed by atoms with E-state index in [-0.39, 0.29) is 0 Å². The van der Waals surface area contributed by atoms with Crippen LogP contribution in [0, 0.1) is 20.8 Å². The Bertz CT molecular complexity index is 459. The van der Waals surface area contributed by atoms with Crippen molar-refractivity contribution in [3.8, 4) is 5.82 Å². The van der Waals surface area contributed by atoms with Gasteiger partial charge in [0.15, 0.2) is 5.82 Å². The van der Waals surface area contributed by atoms with Gasteiger partial charge in [0.1, 0.15) is 0 Å². The maximum absolute atomic E-state index is 4.34. The summed E-state index contributed by atoms with van der Waals surface area (Å²) >= 11 is 0. The maximum Gasteiger partial charge on any atom is 0.176 e. The third-order valence-electron chi connectivity index (χ3n) is 2.00. The summed E-state index contributed by atoms with van der Waals surface area (Å²) in [6.07, 6.45) is 1.73. The summed E-state index contributed by atoms with van der Waals surface area (Å²) in [5.41, 5.74) is 3.15. The highest BCUT2D eigenvalue weighted by molar-refractivity contribution is 5.26. The molecule has 72 valence electrons. The van der Waals surface area contributed by atoms with E-state index in [9.17, 15) is 0 Å². The minimum atomic E-state index is 0.774. The van der Waals surface area contributed by atoms with Crippen molar-refractivity contribution in [3.05, 3.63) is 35.3 Å². The van der Waals surface area contributed by atoms with Crippen LogP contribution in [0.25, 0.3) is 5.82 Å². The lowest BCUT2D eigenvalue weighted by atomic mass is 10.3. The highest BCUT2D eigenvalue weighted by Crippen LogP contribution is 2.09. The van der Waals surface area contributed by atoms with Crippen molar-refractivity contribution in [1.29, 1.82) is 0 Å². The Balaban J connectivity index is 2.54. The molecule has 0 aromatic carbocycles. The summed E-state index contributed by atoms with van der Waals surface area (Å²) in [5.74, 6) is 0.774. The van der Waals surface area contributed by atoms with Crippen LogP contribution in [-0.2, 0) is 0 Å². The number of aromatic nitrogens is 4. The van der Waals surface area contributed by atoms with E-state index >= 15 is 0 Å². The van der Waals surface area contributed by atoms with Crippen molar-refractivity contribution in [2.24, 2.45) is 0 Å². The van der Waals surface area contributed by atoms with E-state index in [0.717, 1.165) is 22.8 Å². The molecule has 0 saturated heterocycles. The van der Waals surface area contributed by atoms with Crippen molar-refractivity contribution >= 4 is 0 Å². The van der Waals surface area contributed by atoms with E-state index in [1.54, 1.807) is 10.9 Å². The Morgan fingerprint density at radius 2 is 1.93 bits per heavy atom. The minimum absolute atomic E-state index is 0.774. The van der Waals surface area contributed by atoms with Gasteiger partial charge >= 0.3 is 0 Å². The normalized spacial score (nSPS) is 10.5. The van der Waals surface area contributed by atoms with E-state index in [1.165, 1.54) is 0 Å². The second-order valence-corrected chi connectivity index (χ2v) is 3.43. The third kappa shape index (κ3) is 1.51. The van der Waals surface area contributed by atoms with Crippen LogP contribution in [0.15, 0.2) is 18.3 Å². The first-order valence-electron chi connectivity index (χ1n) is 4.50. The van der Waals surface area contributed by atoms with Gasteiger partial charge in [0, 0.05) is 5.69 Å². The first-order valence-corrected chi connectivity index (χ1v) is 4.50. The van der Waals surface area contributed by atoms with E-state index in [1.807, 2.05) is 32.9 Å². The number of nitrogens with zero attached hydrogens (tertiary/aromatic N) is 4. The topological polar surface area (TPSA) is 43.6 Å². The van der Waals surface area contributed by atoms with Crippen LogP contribution < -0.4 is 0 Å². The zero-order chi connectivity index (χ0) is 10.1. The van der Waals surface area contributed by atoms with E-state index in [2.05, 4.69) is 15.3 Å². The standard InChI is InChI=1S/C10H12N4/c1-7-4-10(12-11-6-7)14-9(3)5-8(2)13-14/h4-6H,1-3H3. The van der Waals surface area contributed by atoms with E-state index in [0.29, 0.717) is 0 Å². The van der Waals surface area contributed by atoms with Crippen molar-refractivity contribution in [2.75, 3.05) is 0 Å². The second-order valence-electron chi connectivity index (χ2n) is 3.43. The van der Waals surface area contributed by atoms with Crippen LogP contribution in [0.4, 0.5) is 0 Å². The fourth-order valence-electron chi connectivity index (χ4n) is 1.41. The Morgan fingerprint density at radius 3 is 2.50 bits per heavy atom. The SMILES string of the molecule is Cc1cnnc(-n2nc(C)cc2C)c1. The number of hydrogen-bond acceptors (Lipinski definition) is 3. The number of rotatable bonds is 1. The molecule has 2 aromatic rings. The fraction of sp³-hybridized carbons (Fsp3) is 0.300. The molecule has 0 aliphatic heterocycles. The predicted molar refractivity (Wildman–Crippen MR) is 53.4 cm³/mol. The minimum Gasteiger partial charge on any atom is -0.218 e. The van der Waals surface area contributed by atoms with Crippen LogP contribution in [0.5, 0.6) is 0 Å². The second kappa shape index (κ2) is 3.21. The quantitative estimate of drug-likeness (QED) is 0.682. The first-order chi connectivity index (χ1) is 6.66. The smallest absolute Gasteiger partial charge is 0.176 e. The van der Waals surface area contributed by atoms with Gasteiger partial charge in [0.2, 0.25) is 0 Å². The molecule has 2 aromatic heterocycles. The van der Waals surface area contributed by atoms with Gasteiger partial charge in [0.25, 0.3) is 0 Å². The van der Waals surface area contributed by atoms with Gasteiger partial charge < -0.3 is 0 Å². The Morgan fingerprint density at radius 1 is 1.14 bits per heavy atom. The molecule has 0 bridgehead atoms. The molecular weight excluding hydrogens is 176 g/mol. The molecule has 14 heavy (non-hydrogen) atoms. The molecule has 4 nitrogen and oxygen atoms in total. The average Bonchev–Trinajstić information content (AvgIpc) is 2.45. The molecule has 0 atom stereocenters. The molecule has 0 aliphatic carbocycles. The van der Waals surface area contributed by atoms with Gasteiger partial charge in [0.05, 0.1) is 11.9 Å². The molecule has 4 heteroatoms. The van der Waals surface area contributed by atoms with E-state index in [4.69, 9.17) is 0 Å². The zero-order valence-electron chi connectivity index (χ0n) is 8.52. The molecule has 0 amide bonds. The van der Waals surface area contributed by atoms with E-state index < -0.39 is 0 Å². The van der Waals surface area contributed by atoms with Crippen LogP contribution in [0.2, 0.25) is 0 Å². The van der Waals surface area contributed by atoms with Gasteiger partial charge in [-0.25, -0.2) is 4.68 Å². The van der Waals surface area contributed by atoms with Crippen molar-refractivity contribution < 1.29 is 0 Å². The van der Waals surface area contributed by atoms with Gasteiger partial charge in [-0.15, -0.1) is 5.10 Å². The number of aryl methyl sites for hydroxylation is 3. The molecule has 0 radical (unpaired) electrons. The Hall–Kier alpha value is -1.71. The first kappa shape index (κ1) is 8.87. The van der Waals surface area contributed by atoms with Crippen molar-refractivity contribution in [2.45, 2.75) is 20.8 Å². The molecule has 0 saturated carbocycles. The van der Waals surface area contributed by atoms with Crippen LogP contribution in [-0.4, -0.2) is 20.0 Å². The summed E-state index contributed by atoms with van der Waals surface area (Å²) in [4.78, 5) is 0. The Kier molecular flexibility index (Phi) is 2.04. The summed E-state index contributed by atoms with van der Waals surface area (Å²) in [6.45, 7) is 5.96. The lowest BCUT2D eigenvalue weighted by molar-refractivity contribution is 0.779. The predicted octanol–water partition coefficient (Wildman–Crippen LogP) is 1.59. The summed E-state index contributed by atoms with van der Waals surface area (Å²) in [7, 11) is 0. The van der Waals surface area contributed by atoms with Gasteiger partial charge in [-0.05, 0) is 38.5 Å². The lowest BCUT2D eigenvalue weighted by Crippen LogP contribution is -2.03. The average molecular weight is 188 g/mol. The van der Waals surface area contributed by atoms with Crippen LogP contribution >= 0.6 is 0 Å². The summed E-state index contributed by atoms with van der Waals surface area (Å²) < 4.78 is 1.80. The third-order valence-corrected chi connectivity index (χ3v) is 2.00. The molecule has 2 heterocycles. The van der Waals surface area contributed by atoms with Gasteiger partial charge in [-0.1, -0.05) is 0 Å². The summed E-state index contributed by atoms with van der Waals surface area (Å²) in [5, 5.41) is 12.3. The molecular formula is C10H12N4.